The average Bonchev–Trinajstić information content (AvgIpc) is 2.30. The quantitative estimate of drug-likeness (QED) is 0.561. The van der Waals surface area contributed by atoms with Crippen molar-refractivity contribution >= 4 is 0 Å². The number of unbranched alkanes of at least 4 members (excludes halogenated alkanes) is 2. The van der Waals surface area contributed by atoms with Crippen LogP contribution in [0.2, 0.25) is 0 Å². The highest BCUT2D eigenvalue weighted by Crippen LogP contribution is 2.51. The van der Waals surface area contributed by atoms with Gasteiger partial charge in [0.25, 0.3) is 5.92 Å². The Labute approximate surface area is 96.6 Å². The van der Waals surface area contributed by atoms with Crippen molar-refractivity contribution in [2.24, 2.45) is 5.41 Å². The first kappa shape index (κ1) is 13.9. The zero-order valence-corrected chi connectivity index (χ0v) is 10.2. The van der Waals surface area contributed by atoms with Gasteiger partial charge in [-0.1, -0.05) is 45.4 Å². The van der Waals surface area contributed by atoms with Crippen LogP contribution in [0.4, 0.5) is 13.2 Å². The van der Waals surface area contributed by atoms with Crippen molar-refractivity contribution in [2.45, 2.75) is 70.6 Å². The van der Waals surface area contributed by atoms with E-state index >= 15 is 0 Å². The Morgan fingerprint density at radius 3 is 2.19 bits per heavy atom. The van der Waals surface area contributed by atoms with Crippen LogP contribution in [0.5, 0.6) is 0 Å². The van der Waals surface area contributed by atoms with Gasteiger partial charge >= 0.3 is 0 Å². The van der Waals surface area contributed by atoms with E-state index in [1.54, 1.807) is 0 Å². The van der Waals surface area contributed by atoms with Crippen LogP contribution in [0.1, 0.15) is 64.7 Å². The number of hydrogen-bond acceptors (Lipinski definition) is 0. The lowest BCUT2D eigenvalue weighted by Gasteiger charge is -2.42. The molecule has 0 bridgehead atoms. The van der Waals surface area contributed by atoms with Gasteiger partial charge in [-0.3, -0.25) is 0 Å². The van der Waals surface area contributed by atoms with Crippen molar-refractivity contribution in [1.29, 1.82) is 0 Å². The fourth-order valence-corrected chi connectivity index (χ4v) is 2.88. The Bertz CT molecular complexity index is 195. The molecule has 0 unspecified atom stereocenters. The molecule has 1 fully saturated rings. The van der Waals surface area contributed by atoms with Gasteiger partial charge in [0.2, 0.25) is 0 Å². The molecule has 0 radical (unpaired) electrons. The van der Waals surface area contributed by atoms with Crippen LogP contribution in [0.15, 0.2) is 0 Å². The lowest BCUT2D eigenvalue weighted by atomic mass is 9.67. The molecular weight excluding hydrogens is 213 g/mol. The molecular formula is C13H23F3. The molecule has 0 aromatic carbocycles. The van der Waals surface area contributed by atoms with Gasteiger partial charge in [-0.25, -0.2) is 13.2 Å². The summed E-state index contributed by atoms with van der Waals surface area (Å²) in [7, 11) is 0. The van der Waals surface area contributed by atoms with E-state index in [2.05, 4.69) is 6.92 Å². The molecule has 0 spiro atoms. The van der Waals surface area contributed by atoms with E-state index in [1.165, 1.54) is 0 Å². The summed E-state index contributed by atoms with van der Waals surface area (Å²) in [5.74, 6) is -3.11. The van der Waals surface area contributed by atoms with Crippen LogP contribution >= 0.6 is 0 Å². The zero-order chi connectivity index (χ0) is 12.1. The third-order valence-electron chi connectivity index (χ3n) is 4.01. The summed E-state index contributed by atoms with van der Waals surface area (Å²) < 4.78 is 40.1. The standard InChI is InChI=1S/C13H23F3/c1-2-3-5-8-12(13(15,16)11-14)9-6-4-7-10-12/h2-11H2,1H3. The van der Waals surface area contributed by atoms with E-state index in [1.807, 2.05) is 0 Å². The van der Waals surface area contributed by atoms with Gasteiger partial charge in [-0.15, -0.1) is 0 Å². The second kappa shape index (κ2) is 5.92. The summed E-state index contributed by atoms with van der Waals surface area (Å²) in [5.41, 5.74) is -1.03. The van der Waals surface area contributed by atoms with Crippen LogP contribution in [0.3, 0.4) is 0 Å². The van der Waals surface area contributed by atoms with Crippen LogP contribution < -0.4 is 0 Å². The van der Waals surface area contributed by atoms with Gasteiger partial charge < -0.3 is 0 Å². The molecule has 1 rings (SSSR count). The number of rotatable bonds is 6. The van der Waals surface area contributed by atoms with Crippen molar-refractivity contribution in [3.63, 3.8) is 0 Å². The molecule has 0 amide bonds. The predicted octanol–water partition coefficient (Wildman–Crippen LogP) is 5.12. The molecule has 1 aliphatic rings. The Morgan fingerprint density at radius 2 is 1.69 bits per heavy atom. The second-order valence-electron chi connectivity index (χ2n) is 5.14. The molecule has 0 N–H and O–H groups in total. The van der Waals surface area contributed by atoms with Gasteiger partial charge in [0.05, 0.1) is 0 Å². The highest BCUT2D eigenvalue weighted by atomic mass is 19.3. The molecule has 3 heteroatoms. The summed E-state index contributed by atoms with van der Waals surface area (Å²) in [6.07, 6.45) is 7.02. The molecule has 0 aromatic rings. The first-order valence-corrected chi connectivity index (χ1v) is 6.52. The zero-order valence-electron chi connectivity index (χ0n) is 10.2. The minimum Gasteiger partial charge on any atom is -0.244 e. The maximum absolute atomic E-state index is 13.7. The van der Waals surface area contributed by atoms with E-state index in [0.29, 0.717) is 19.3 Å². The van der Waals surface area contributed by atoms with Gasteiger partial charge in [-0.05, 0) is 19.3 Å². The highest BCUT2D eigenvalue weighted by Gasteiger charge is 2.52. The number of halogens is 3. The monoisotopic (exact) mass is 236 g/mol. The topological polar surface area (TPSA) is 0 Å². The van der Waals surface area contributed by atoms with Crippen molar-refractivity contribution in [2.75, 3.05) is 6.67 Å². The van der Waals surface area contributed by atoms with Crippen LogP contribution in [0.25, 0.3) is 0 Å². The molecule has 0 atom stereocenters. The Hall–Kier alpha value is -0.210. The van der Waals surface area contributed by atoms with Crippen LogP contribution in [-0.2, 0) is 0 Å². The molecule has 1 aliphatic carbocycles. The van der Waals surface area contributed by atoms with Crippen LogP contribution in [-0.4, -0.2) is 12.6 Å². The molecule has 16 heavy (non-hydrogen) atoms. The van der Waals surface area contributed by atoms with Gasteiger partial charge in [-0.2, -0.15) is 0 Å². The number of hydrogen-bond donors (Lipinski definition) is 0. The van der Waals surface area contributed by atoms with Gasteiger partial charge in [0, 0.05) is 5.41 Å². The summed E-state index contributed by atoms with van der Waals surface area (Å²) in [4.78, 5) is 0. The van der Waals surface area contributed by atoms with E-state index < -0.39 is 18.0 Å². The average molecular weight is 236 g/mol. The summed E-state index contributed by atoms with van der Waals surface area (Å²) in [6, 6.07) is 0. The van der Waals surface area contributed by atoms with Gasteiger partial charge in [0.15, 0.2) is 6.67 Å². The minimum absolute atomic E-state index is 0.498. The highest BCUT2D eigenvalue weighted by molar-refractivity contribution is 4.94. The van der Waals surface area contributed by atoms with Crippen molar-refractivity contribution in [3.8, 4) is 0 Å². The van der Waals surface area contributed by atoms with Crippen molar-refractivity contribution in [3.05, 3.63) is 0 Å². The van der Waals surface area contributed by atoms with Gasteiger partial charge in [0.1, 0.15) is 0 Å². The maximum Gasteiger partial charge on any atom is 0.281 e. The molecule has 1 saturated carbocycles. The van der Waals surface area contributed by atoms with E-state index in [9.17, 15) is 13.2 Å². The number of alkyl halides is 3. The second-order valence-corrected chi connectivity index (χ2v) is 5.14. The minimum atomic E-state index is -3.11. The predicted molar refractivity (Wildman–Crippen MR) is 60.6 cm³/mol. The lowest BCUT2D eigenvalue weighted by Crippen LogP contribution is -2.44. The Balaban J connectivity index is 2.67. The third kappa shape index (κ3) is 2.92. The summed E-state index contributed by atoms with van der Waals surface area (Å²) in [6.45, 7) is 0.569. The third-order valence-corrected chi connectivity index (χ3v) is 4.01. The van der Waals surface area contributed by atoms with E-state index in [-0.39, 0.29) is 0 Å². The Kier molecular flexibility index (Phi) is 5.13. The molecule has 96 valence electrons. The summed E-state index contributed by atoms with van der Waals surface area (Å²) >= 11 is 0. The molecule has 0 saturated heterocycles. The largest absolute Gasteiger partial charge is 0.281 e. The molecule has 0 aromatic heterocycles. The summed E-state index contributed by atoms with van der Waals surface area (Å²) in [5, 5.41) is 0. The van der Waals surface area contributed by atoms with Crippen molar-refractivity contribution < 1.29 is 13.2 Å². The lowest BCUT2D eigenvalue weighted by molar-refractivity contribution is -0.155. The fourth-order valence-electron chi connectivity index (χ4n) is 2.88. The van der Waals surface area contributed by atoms with E-state index in [0.717, 1.165) is 38.5 Å². The van der Waals surface area contributed by atoms with E-state index in [4.69, 9.17) is 0 Å². The van der Waals surface area contributed by atoms with Crippen LogP contribution in [0, 0.1) is 5.41 Å². The maximum atomic E-state index is 13.7. The first-order chi connectivity index (χ1) is 7.58. The molecule has 0 aliphatic heterocycles. The normalized spacial score (nSPS) is 21.0. The smallest absolute Gasteiger partial charge is 0.244 e. The molecule has 0 nitrogen and oxygen atoms in total. The van der Waals surface area contributed by atoms with Crippen molar-refractivity contribution in [1.82, 2.24) is 0 Å². The Morgan fingerprint density at radius 1 is 1.06 bits per heavy atom. The SMILES string of the molecule is CCCCCC1(C(F)(F)CF)CCCCC1. The first-order valence-electron chi connectivity index (χ1n) is 6.52. The molecule has 0 heterocycles. The fraction of sp³-hybridized carbons (Fsp3) is 1.00.